The number of tetrazole rings is 1. The summed E-state index contributed by atoms with van der Waals surface area (Å²) < 4.78 is 6.09. The number of benzene rings is 1. The molecular weight excluding hydrogens is 300 g/mol. The van der Waals surface area contributed by atoms with Gasteiger partial charge in [-0.2, -0.15) is 4.68 Å². The van der Waals surface area contributed by atoms with Gasteiger partial charge in [0, 0.05) is 12.1 Å². The first-order valence-corrected chi connectivity index (χ1v) is 7.07. The fourth-order valence-corrected chi connectivity index (χ4v) is 2.33. The van der Waals surface area contributed by atoms with Gasteiger partial charge in [-0.05, 0) is 41.5 Å². The Balaban J connectivity index is 1.71. The summed E-state index contributed by atoms with van der Waals surface area (Å²) in [6.07, 6.45) is 1.45. The average molecular weight is 316 g/mol. The number of anilines is 1. The lowest BCUT2D eigenvalue weighted by molar-refractivity contribution is -0.146. The number of carbonyl (C=O) groups is 2. The maximum absolute atomic E-state index is 12.3. The minimum atomic E-state index is -0.567. The predicted molar refractivity (Wildman–Crippen MR) is 79.6 cm³/mol. The van der Waals surface area contributed by atoms with E-state index >= 15 is 0 Å². The highest BCUT2D eigenvalue weighted by molar-refractivity contribution is 5.95. The van der Waals surface area contributed by atoms with E-state index in [1.807, 2.05) is 0 Å². The molecule has 0 atom stereocenters. The number of nitrogens with one attached hydrogen (secondary N) is 1. The van der Waals surface area contributed by atoms with Crippen molar-refractivity contribution in [1.29, 1.82) is 0 Å². The molecule has 1 saturated carbocycles. The third kappa shape index (κ3) is 2.85. The third-order valence-electron chi connectivity index (χ3n) is 3.91. The van der Waals surface area contributed by atoms with Crippen molar-refractivity contribution in [2.45, 2.75) is 12.8 Å². The lowest BCUT2D eigenvalue weighted by atomic mass is 10.1. The Bertz CT molecular complexity index is 752. The Kier molecular flexibility index (Phi) is 3.68. The number of nitrogens with zero attached hydrogens (tertiary/aromatic N) is 4. The van der Waals surface area contributed by atoms with Gasteiger partial charge in [-0.3, -0.25) is 9.59 Å². The summed E-state index contributed by atoms with van der Waals surface area (Å²) in [4.78, 5) is 24.0. The van der Waals surface area contributed by atoms with E-state index in [9.17, 15) is 9.59 Å². The number of esters is 1. The van der Waals surface area contributed by atoms with Crippen LogP contribution in [0.2, 0.25) is 0 Å². The van der Waals surface area contributed by atoms with E-state index in [2.05, 4.69) is 20.8 Å². The Hall–Kier alpha value is -2.97. The zero-order valence-corrected chi connectivity index (χ0v) is 12.5. The molecule has 120 valence electrons. The summed E-state index contributed by atoms with van der Waals surface area (Å²) in [5.41, 5.74) is 6.09. The van der Waals surface area contributed by atoms with Crippen LogP contribution in [0.4, 0.5) is 5.95 Å². The topological polar surface area (TPSA) is 125 Å². The summed E-state index contributed by atoms with van der Waals surface area (Å²) in [6.45, 7) is 0.260. The second-order valence-corrected chi connectivity index (χ2v) is 5.45. The molecule has 1 aliphatic rings. The maximum atomic E-state index is 12.3. The first-order chi connectivity index (χ1) is 11.1. The van der Waals surface area contributed by atoms with Gasteiger partial charge < -0.3 is 15.8 Å². The largest absolute Gasteiger partial charge is 0.469 e. The van der Waals surface area contributed by atoms with Crippen LogP contribution in [-0.2, 0) is 9.53 Å². The van der Waals surface area contributed by atoms with Gasteiger partial charge in [-0.1, -0.05) is 11.2 Å². The Morgan fingerprint density at radius 2 is 2.22 bits per heavy atom. The molecule has 0 saturated heterocycles. The van der Waals surface area contributed by atoms with Gasteiger partial charge in [0.15, 0.2) is 0 Å². The minimum absolute atomic E-state index is 0.130. The fourth-order valence-electron chi connectivity index (χ4n) is 2.33. The molecule has 9 nitrogen and oxygen atoms in total. The smallest absolute Gasteiger partial charge is 0.313 e. The van der Waals surface area contributed by atoms with Crippen molar-refractivity contribution >= 4 is 17.8 Å². The lowest BCUT2D eigenvalue weighted by Gasteiger charge is -2.13. The summed E-state index contributed by atoms with van der Waals surface area (Å²) in [7, 11) is 1.35. The average Bonchev–Trinajstić information content (AvgIpc) is 3.26. The summed E-state index contributed by atoms with van der Waals surface area (Å²) >= 11 is 0. The van der Waals surface area contributed by atoms with Crippen molar-refractivity contribution in [3.63, 3.8) is 0 Å². The third-order valence-corrected chi connectivity index (χ3v) is 3.91. The molecule has 0 unspecified atom stereocenters. The van der Waals surface area contributed by atoms with Crippen LogP contribution in [0.1, 0.15) is 23.2 Å². The van der Waals surface area contributed by atoms with Crippen LogP contribution in [0, 0.1) is 5.41 Å². The van der Waals surface area contributed by atoms with Crippen molar-refractivity contribution in [1.82, 2.24) is 25.5 Å². The van der Waals surface area contributed by atoms with Gasteiger partial charge in [0.1, 0.15) is 0 Å². The SMILES string of the molecule is COC(=O)C1(CNC(=O)c2cccc(-n3nnnc3N)c2)CC1. The molecule has 0 radical (unpaired) electrons. The highest BCUT2D eigenvalue weighted by Crippen LogP contribution is 2.46. The fraction of sp³-hybridized carbons (Fsp3) is 0.357. The van der Waals surface area contributed by atoms with Crippen LogP contribution in [0.3, 0.4) is 0 Å². The summed E-state index contributed by atoms with van der Waals surface area (Å²) in [5, 5.41) is 13.6. The van der Waals surface area contributed by atoms with E-state index in [0.717, 1.165) is 12.8 Å². The van der Waals surface area contributed by atoms with E-state index in [4.69, 9.17) is 10.5 Å². The normalized spacial score (nSPS) is 15.0. The van der Waals surface area contributed by atoms with E-state index in [1.54, 1.807) is 24.3 Å². The predicted octanol–water partition coefficient (Wildman–Crippen LogP) is -0.0725. The van der Waals surface area contributed by atoms with Crippen LogP contribution in [0.5, 0.6) is 0 Å². The zero-order chi connectivity index (χ0) is 16.4. The molecule has 0 spiro atoms. The number of rotatable bonds is 5. The number of methoxy groups -OCH3 is 1. The van der Waals surface area contributed by atoms with Crippen LogP contribution >= 0.6 is 0 Å². The number of hydrogen-bond donors (Lipinski definition) is 2. The molecule has 0 bridgehead atoms. The minimum Gasteiger partial charge on any atom is -0.469 e. The molecule has 9 heteroatoms. The number of aromatic nitrogens is 4. The number of nitrogens with two attached hydrogens (primary N) is 1. The van der Waals surface area contributed by atoms with Crippen LogP contribution in [-0.4, -0.2) is 45.7 Å². The van der Waals surface area contributed by atoms with Gasteiger partial charge in [0.05, 0.1) is 18.2 Å². The van der Waals surface area contributed by atoms with Crippen molar-refractivity contribution < 1.29 is 14.3 Å². The Morgan fingerprint density at radius 1 is 1.43 bits per heavy atom. The van der Waals surface area contributed by atoms with E-state index in [0.29, 0.717) is 11.3 Å². The second-order valence-electron chi connectivity index (χ2n) is 5.45. The molecule has 3 N–H and O–H groups in total. The molecule has 1 heterocycles. The highest BCUT2D eigenvalue weighted by atomic mass is 16.5. The second kappa shape index (κ2) is 5.67. The quantitative estimate of drug-likeness (QED) is 0.739. The number of amides is 1. The van der Waals surface area contributed by atoms with Crippen LogP contribution in [0.25, 0.3) is 5.69 Å². The molecule has 1 fully saturated rings. The van der Waals surface area contributed by atoms with Gasteiger partial charge in [-0.15, -0.1) is 0 Å². The number of nitrogen functional groups attached to an aromatic ring is 1. The summed E-state index contributed by atoms with van der Waals surface area (Å²) in [5.74, 6) is -0.438. The Morgan fingerprint density at radius 3 is 2.83 bits per heavy atom. The molecular formula is C14H16N6O3. The number of carbonyl (C=O) groups excluding carboxylic acids is 2. The molecule has 2 aromatic rings. The monoisotopic (exact) mass is 316 g/mol. The molecule has 0 aliphatic heterocycles. The van der Waals surface area contributed by atoms with E-state index < -0.39 is 5.41 Å². The highest BCUT2D eigenvalue weighted by Gasteiger charge is 2.51. The van der Waals surface area contributed by atoms with Crippen molar-refractivity contribution in [3.05, 3.63) is 29.8 Å². The standard InChI is InChI=1S/C14H16N6O3/c1-23-12(22)14(5-6-14)8-16-11(21)9-3-2-4-10(7-9)20-13(15)17-18-19-20/h2-4,7H,5-6,8H2,1H3,(H,16,21)(H2,15,17,19). The molecule has 1 amide bonds. The van der Waals surface area contributed by atoms with Crippen LogP contribution in [0.15, 0.2) is 24.3 Å². The lowest BCUT2D eigenvalue weighted by Crippen LogP contribution is -2.34. The molecule has 1 aromatic heterocycles. The van der Waals surface area contributed by atoms with Crippen LogP contribution < -0.4 is 11.1 Å². The first-order valence-electron chi connectivity index (χ1n) is 7.07. The van der Waals surface area contributed by atoms with E-state index in [-0.39, 0.29) is 24.4 Å². The van der Waals surface area contributed by atoms with Gasteiger partial charge in [-0.25, -0.2) is 0 Å². The van der Waals surface area contributed by atoms with Crippen molar-refractivity contribution in [2.75, 3.05) is 19.4 Å². The van der Waals surface area contributed by atoms with Crippen molar-refractivity contribution in [2.24, 2.45) is 5.41 Å². The molecule has 1 aromatic carbocycles. The van der Waals surface area contributed by atoms with Gasteiger partial charge in [0.2, 0.25) is 5.95 Å². The maximum Gasteiger partial charge on any atom is 0.313 e. The molecule has 1 aliphatic carbocycles. The Labute approximate surface area is 131 Å². The van der Waals surface area contributed by atoms with E-state index in [1.165, 1.54) is 11.8 Å². The van der Waals surface area contributed by atoms with Gasteiger partial charge >= 0.3 is 5.97 Å². The molecule has 23 heavy (non-hydrogen) atoms. The summed E-state index contributed by atoms with van der Waals surface area (Å²) in [6, 6.07) is 6.73. The number of ether oxygens (including phenoxy) is 1. The molecule has 3 rings (SSSR count). The first kappa shape index (κ1) is 14.9. The van der Waals surface area contributed by atoms with Gasteiger partial charge in [0.25, 0.3) is 5.91 Å². The number of hydrogen-bond acceptors (Lipinski definition) is 7. The van der Waals surface area contributed by atoms with Crippen molar-refractivity contribution in [3.8, 4) is 5.69 Å². The zero-order valence-electron chi connectivity index (χ0n) is 12.5.